The molecule has 0 spiro atoms. The highest BCUT2D eigenvalue weighted by atomic mass is 35.5. The Morgan fingerprint density at radius 1 is 1.71 bits per heavy atom. The lowest BCUT2D eigenvalue weighted by Crippen LogP contribution is -2.04. The first-order valence-corrected chi connectivity index (χ1v) is 2.11. The van der Waals surface area contributed by atoms with Crippen LogP contribution in [0.4, 0.5) is 4.39 Å². The van der Waals surface area contributed by atoms with E-state index in [1.807, 2.05) is 0 Å². The molecule has 0 rings (SSSR count). The molecule has 0 radical (unpaired) electrons. The predicted molar refractivity (Wildman–Crippen MR) is 31.5 cm³/mol. The number of rotatable bonds is 2. The molecule has 0 fully saturated rings. The molecule has 0 aliphatic rings. The van der Waals surface area contributed by atoms with Gasteiger partial charge in [0.2, 0.25) is 0 Å². The van der Waals surface area contributed by atoms with Crippen LogP contribution in [0.5, 0.6) is 0 Å². The molecular formula is C4H11ClFN. The van der Waals surface area contributed by atoms with Crippen LogP contribution >= 0.6 is 12.4 Å². The average Bonchev–Trinajstić information content (AvgIpc) is 1.35. The topological polar surface area (TPSA) is 26.0 Å². The molecule has 1 unspecified atom stereocenters. The first kappa shape index (κ1) is 10.2. The van der Waals surface area contributed by atoms with Crippen LogP contribution in [-0.4, -0.2) is 12.7 Å². The normalized spacial score (nSPS) is 12.4. The van der Waals surface area contributed by atoms with Gasteiger partial charge in [0.15, 0.2) is 0 Å². The largest absolute Gasteiger partial charge is 0.330 e. The molecule has 0 bridgehead atoms. The molecule has 0 aliphatic carbocycles. The lowest BCUT2D eigenvalue weighted by Gasteiger charge is -1.92. The average molecular weight is 128 g/mol. The molecule has 2 N–H and O–H groups in total. The fourth-order valence-electron chi connectivity index (χ4n) is 0.230. The molecular weight excluding hydrogens is 117 g/mol. The fourth-order valence-corrected chi connectivity index (χ4v) is 0.230. The van der Waals surface area contributed by atoms with Crippen molar-refractivity contribution in [1.29, 1.82) is 0 Å². The van der Waals surface area contributed by atoms with Gasteiger partial charge in [0.05, 0.1) is 6.17 Å². The molecule has 0 aromatic carbocycles. The highest BCUT2D eigenvalue weighted by molar-refractivity contribution is 5.85. The van der Waals surface area contributed by atoms with Crippen LogP contribution in [0.25, 0.3) is 0 Å². The van der Waals surface area contributed by atoms with Gasteiger partial charge < -0.3 is 5.73 Å². The summed E-state index contributed by atoms with van der Waals surface area (Å²) in [6.07, 6.45) is -0.241. The van der Waals surface area contributed by atoms with E-state index in [0.29, 0.717) is 13.0 Å². The van der Waals surface area contributed by atoms with Gasteiger partial charge in [-0.25, -0.2) is 4.39 Å². The van der Waals surface area contributed by atoms with E-state index in [-0.39, 0.29) is 12.4 Å². The number of hydrogen-bond donors (Lipinski definition) is 1. The van der Waals surface area contributed by atoms with Gasteiger partial charge in [-0.05, 0) is 19.9 Å². The number of hydrogen-bond acceptors (Lipinski definition) is 1. The molecule has 0 aliphatic heterocycles. The summed E-state index contributed by atoms with van der Waals surface area (Å²) in [7, 11) is 0. The summed E-state index contributed by atoms with van der Waals surface area (Å²) in [5.41, 5.74) is 4.99. The molecule has 1 nitrogen and oxygen atoms in total. The first-order chi connectivity index (χ1) is 2.77. The van der Waals surface area contributed by atoms with E-state index >= 15 is 0 Å². The van der Waals surface area contributed by atoms with Crippen LogP contribution in [0.3, 0.4) is 0 Å². The Kier molecular flexibility index (Phi) is 9.02. The second-order valence-corrected chi connectivity index (χ2v) is 1.36. The molecule has 0 amide bonds. The van der Waals surface area contributed by atoms with Crippen LogP contribution < -0.4 is 5.73 Å². The number of halogens is 2. The smallest absolute Gasteiger partial charge is 0.0985 e. The molecule has 7 heavy (non-hydrogen) atoms. The zero-order chi connectivity index (χ0) is 4.99. The Balaban J connectivity index is 0. The Hall–Kier alpha value is 0.180. The van der Waals surface area contributed by atoms with Gasteiger partial charge in [0, 0.05) is 0 Å². The zero-order valence-corrected chi connectivity index (χ0v) is 5.17. The molecule has 0 saturated carbocycles. The summed E-state index contributed by atoms with van der Waals surface area (Å²) in [5.74, 6) is 0. The predicted octanol–water partition coefficient (Wildman–Crippen LogP) is 1.11. The Bertz CT molecular complexity index is 32.9. The van der Waals surface area contributed by atoms with Crippen molar-refractivity contribution in [2.45, 2.75) is 19.5 Å². The Morgan fingerprint density at radius 3 is 2.14 bits per heavy atom. The van der Waals surface area contributed by atoms with Crippen molar-refractivity contribution in [1.82, 2.24) is 0 Å². The van der Waals surface area contributed by atoms with Crippen molar-refractivity contribution >= 4 is 12.4 Å². The Labute approximate surface area is 49.5 Å². The van der Waals surface area contributed by atoms with E-state index in [2.05, 4.69) is 0 Å². The third kappa shape index (κ3) is 10.7. The second kappa shape index (κ2) is 6.18. The first-order valence-electron chi connectivity index (χ1n) is 2.11. The van der Waals surface area contributed by atoms with Crippen molar-refractivity contribution in [2.24, 2.45) is 5.73 Å². The van der Waals surface area contributed by atoms with Crippen LogP contribution in [0, 0.1) is 0 Å². The van der Waals surface area contributed by atoms with Crippen molar-refractivity contribution < 1.29 is 4.39 Å². The third-order valence-corrected chi connectivity index (χ3v) is 0.564. The van der Waals surface area contributed by atoms with Crippen molar-refractivity contribution in [3.05, 3.63) is 0 Å². The van der Waals surface area contributed by atoms with E-state index < -0.39 is 6.17 Å². The van der Waals surface area contributed by atoms with Gasteiger partial charge in [-0.3, -0.25) is 0 Å². The van der Waals surface area contributed by atoms with E-state index in [1.165, 1.54) is 6.92 Å². The molecule has 3 heteroatoms. The van der Waals surface area contributed by atoms with Gasteiger partial charge in [-0.15, -0.1) is 12.4 Å². The van der Waals surface area contributed by atoms with Crippen LogP contribution in [-0.2, 0) is 0 Å². The maximum absolute atomic E-state index is 11.6. The number of nitrogens with two attached hydrogens (primary N) is 1. The number of alkyl halides is 1. The lowest BCUT2D eigenvalue weighted by atomic mass is 10.3. The van der Waals surface area contributed by atoms with Crippen LogP contribution in [0.2, 0.25) is 0 Å². The monoisotopic (exact) mass is 127 g/mol. The summed E-state index contributed by atoms with van der Waals surface area (Å²) < 4.78 is 11.6. The minimum absolute atomic E-state index is 0. The van der Waals surface area contributed by atoms with E-state index in [4.69, 9.17) is 5.73 Å². The zero-order valence-electron chi connectivity index (χ0n) is 4.36. The van der Waals surface area contributed by atoms with E-state index in [0.717, 1.165) is 0 Å². The highest BCUT2D eigenvalue weighted by Crippen LogP contribution is 1.90. The molecule has 0 aromatic heterocycles. The Morgan fingerprint density at radius 2 is 2.14 bits per heavy atom. The minimum Gasteiger partial charge on any atom is -0.330 e. The standard InChI is InChI=1S/C4H10FN.ClH/c1-4(5)2-3-6;/h4H,2-3,6H2,1H3;1H. The van der Waals surface area contributed by atoms with E-state index in [9.17, 15) is 4.39 Å². The lowest BCUT2D eigenvalue weighted by molar-refractivity contribution is 0.345. The molecule has 0 heterocycles. The SMILES string of the molecule is CC(F)CCN.Cl. The van der Waals surface area contributed by atoms with E-state index in [1.54, 1.807) is 0 Å². The van der Waals surface area contributed by atoms with Gasteiger partial charge in [-0.1, -0.05) is 0 Å². The molecule has 46 valence electrons. The summed E-state index contributed by atoms with van der Waals surface area (Å²) in [4.78, 5) is 0. The summed E-state index contributed by atoms with van der Waals surface area (Å²) in [6.45, 7) is 1.96. The highest BCUT2D eigenvalue weighted by Gasteiger charge is 1.90. The second-order valence-electron chi connectivity index (χ2n) is 1.36. The van der Waals surface area contributed by atoms with Gasteiger partial charge >= 0.3 is 0 Å². The summed E-state index contributed by atoms with van der Waals surface area (Å²) in [6, 6.07) is 0. The maximum Gasteiger partial charge on any atom is 0.0985 e. The van der Waals surface area contributed by atoms with Crippen molar-refractivity contribution in [2.75, 3.05) is 6.54 Å². The van der Waals surface area contributed by atoms with Gasteiger partial charge in [0.25, 0.3) is 0 Å². The summed E-state index contributed by atoms with van der Waals surface area (Å²) in [5, 5.41) is 0. The van der Waals surface area contributed by atoms with Crippen molar-refractivity contribution in [3.63, 3.8) is 0 Å². The maximum atomic E-state index is 11.6. The van der Waals surface area contributed by atoms with Gasteiger partial charge in [0.1, 0.15) is 0 Å². The fraction of sp³-hybridized carbons (Fsp3) is 1.00. The third-order valence-electron chi connectivity index (χ3n) is 0.564. The quantitative estimate of drug-likeness (QED) is 0.591. The van der Waals surface area contributed by atoms with Crippen LogP contribution in [0.1, 0.15) is 13.3 Å². The molecule has 0 saturated heterocycles. The summed E-state index contributed by atoms with van der Waals surface area (Å²) >= 11 is 0. The van der Waals surface area contributed by atoms with Crippen molar-refractivity contribution in [3.8, 4) is 0 Å². The van der Waals surface area contributed by atoms with Gasteiger partial charge in [-0.2, -0.15) is 0 Å². The van der Waals surface area contributed by atoms with Crippen LogP contribution in [0.15, 0.2) is 0 Å². The minimum atomic E-state index is -0.727. The molecule has 0 aromatic rings. The molecule has 1 atom stereocenters.